The number of rotatable bonds is 6. The van der Waals surface area contributed by atoms with E-state index in [9.17, 15) is 0 Å². The third-order valence-corrected chi connectivity index (χ3v) is 4.68. The third kappa shape index (κ3) is 3.58. The van der Waals surface area contributed by atoms with E-state index in [4.69, 9.17) is 4.74 Å². The van der Waals surface area contributed by atoms with E-state index >= 15 is 0 Å². The van der Waals surface area contributed by atoms with Crippen molar-refractivity contribution in [3.05, 3.63) is 60.4 Å². The number of anilines is 1. The SMILES string of the molecule is C=C(OCC)c1cnc(NC2(c3ccccc3)CCCCC2)nc1. The quantitative estimate of drug-likeness (QED) is 0.779. The standard InChI is InChI=1S/C20H25N3O/c1-3-24-16(2)17-14-21-19(22-15-17)23-20(12-8-5-9-13-20)18-10-6-4-7-11-18/h4,6-7,10-11,14-15H,2-3,5,8-9,12-13H2,1H3,(H,21,22,23). The smallest absolute Gasteiger partial charge is 0.223 e. The Labute approximate surface area is 144 Å². The van der Waals surface area contributed by atoms with Crippen LogP contribution in [0.2, 0.25) is 0 Å². The van der Waals surface area contributed by atoms with Gasteiger partial charge in [-0.2, -0.15) is 0 Å². The van der Waals surface area contributed by atoms with Crippen LogP contribution in [-0.4, -0.2) is 16.6 Å². The molecular formula is C20H25N3O. The van der Waals surface area contributed by atoms with Crippen molar-refractivity contribution in [3.63, 3.8) is 0 Å². The Kier molecular flexibility index (Phi) is 5.14. The van der Waals surface area contributed by atoms with Gasteiger partial charge < -0.3 is 10.1 Å². The number of benzene rings is 1. The lowest BCUT2D eigenvalue weighted by atomic mass is 9.76. The Balaban J connectivity index is 1.82. The summed E-state index contributed by atoms with van der Waals surface area (Å²) in [5.41, 5.74) is 2.06. The average Bonchev–Trinajstić information content (AvgIpc) is 2.64. The maximum Gasteiger partial charge on any atom is 0.223 e. The largest absolute Gasteiger partial charge is 0.494 e. The van der Waals surface area contributed by atoms with Crippen molar-refractivity contribution in [2.45, 2.75) is 44.6 Å². The first kappa shape index (κ1) is 16.5. The summed E-state index contributed by atoms with van der Waals surface area (Å²) in [5, 5.41) is 3.62. The molecular weight excluding hydrogens is 298 g/mol. The summed E-state index contributed by atoms with van der Waals surface area (Å²) in [7, 11) is 0. The van der Waals surface area contributed by atoms with Gasteiger partial charge in [-0.1, -0.05) is 56.2 Å². The second kappa shape index (κ2) is 7.47. The van der Waals surface area contributed by atoms with Crippen LogP contribution in [0.15, 0.2) is 49.3 Å². The Morgan fingerprint density at radius 3 is 2.42 bits per heavy atom. The predicted octanol–water partition coefficient (Wildman–Crippen LogP) is 4.76. The Hall–Kier alpha value is -2.36. The van der Waals surface area contributed by atoms with Gasteiger partial charge in [-0.05, 0) is 25.3 Å². The van der Waals surface area contributed by atoms with Crippen molar-refractivity contribution in [1.29, 1.82) is 0 Å². The molecule has 126 valence electrons. The zero-order chi connectivity index (χ0) is 16.8. The minimum atomic E-state index is -0.0715. The van der Waals surface area contributed by atoms with Gasteiger partial charge in [0, 0.05) is 12.4 Å². The molecule has 24 heavy (non-hydrogen) atoms. The lowest BCUT2D eigenvalue weighted by Crippen LogP contribution is -2.38. The van der Waals surface area contributed by atoms with Crippen LogP contribution in [0.5, 0.6) is 0 Å². The molecule has 1 aliphatic rings. The summed E-state index contributed by atoms with van der Waals surface area (Å²) in [6.45, 7) is 6.43. The van der Waals surface area contributed by atoms with Crippen LogP contribution in [0.4, 0.5) is 5.95 Å². The molecule has 0 unspecified atom stereocenters. The van der Waals surface area contributed by atoms with Crippen LogP contribution >= 0.6 is 0 Å². The maximum atomic E-state index is 5.41. The summed E-state index contributed by atoms with van der Waals surface area (Å²) < 4.78 is 5.41. The Morgan fingerprint density at radius 1 is 1.12 bits per heavy atom. The number of hydrogen-bond acceptors (Lipinski definition) is 4. The molecule has 1 aromatic carbocycles. The minimum absolute atomic E-state index is 0.0715. The summed E-state index contributed by atoms with van der Waals surface area (Å²) >= 11 is 0. The fourth-order valence-corrected chi connectivity index (χ4v) is 3.41. The number of nitrogens with zero attached hydrogens (tertiary/aromatic N) is 2. The first-order valence-electron chi connectivity index (χ1n) is 8.71. The fraction of sp³-hybridized carbons (Fsp3) is 0.400. The van der Waals surface area contributed by atoms with Gasteiger partial charge in [0.2, 0.25) is 5.95 Å². The number of aromatic nitrogens is 2. The van der Waals surface area contributed by atoms with Crippen LogP contribution in [-0.2, 0) is 10.3 Å². The van der Waals surface area contributed by atoms with Crippen LogP contribution in [0.3, 0.4) is 0 Å². The van der Waals surface area contributed by atoms with E-state index in [0.29, 0.717) is 18.3 Å². The van der Waals surface area contributed by atoms with Crippen molar-refractivity contribution in [1.82, 2.24) is 9.97 Å². The van der Waals surface area contributed by atoms with Crippen LogP contribution in [0, 0.1) is 0 Å². The summed E-state index contributed by atoms with van der Waals surface area (Å²) in [6.07, 6.45) is 9.50. The van der Waals surface area contributed by atoms with Crippen LogP contribution in [0.1, 0.15) is 50.2 Å². The molecule has 0 radical (unpaired) electrons. The molecule has 4 nitrogen and oxygen atoms in total. The van der Waals surface area contributed by atoms with Gasteiger partial charge >= 0.3 is 0 Å². The van der Waals surface area contributed by atoms with E-state index in [-0.39, 0.29) is 5.54 Å². The fourth-order valence-electron chi connectivity index (χ4n) is 3.41. The Bertz CT molecular complexity index is 661. The summed E-state index contributed by atoms with van der Waals surface area (Å²) in [5.74, 6) is 1.27. The van der Waals surface area contributed by atoms with E-state index in [1.54, 1.807) is 12.4 Å². The van der Waals surface area contributed by atoms with Crippen LogP contribution < -0.4 is 5.32 Å². The summed E-state index contributed by atoms with van der Waals surface area (Å²) in [6, 6.07) is 10.7. The molecule has 0 saturated heterocycles. The highest BCUT2D eigenvalue weighted by atomic mass is 16.5. The molecule has 0 bridgehead atoms. The summed E-state index contributed by atoms with van der Waals surface area (Å²) in [4.78, 5) is 8.97. The maximum absolute atomic E-state index is 5.41. The molecule has 1 aromatic heterocycles. The molecule has 1 heterocycles. The van der Waals surface area contributed by atoms with Gasteiger partial charge in [0.15, 0.2) is 0 Å². The number of hydrogen-bond donors (Lipinski definition) is 1. The molecule has 1 saturated carbocycles. The van der Waals surface area contributed by atoms with Gasteiger partial charge in [-0.25, -0.2) is 9.97 Å². The highest BCUT2D eigenvalue weighted by molar-refractivity contribution is 5.56. The molecule has 1 N–H and O–H groups in total. The second-order valence-electron chi connectivity index (χ2n) is 6.29. The van der Waals surface area contributed by atoms with Crippen molar-refractivity contribution >= 4 is 11.7 Å². The van der Waals surface area contributed by atoms with Crippen LogP contribution in [0.25, 0.3) is 5.76 Å². The van der Waals surface area contributed by atoms with Gasteiger partial charge in [-0.15, -0.1) is 0 Å². The highest BCUT2D eigenvalue weighted by Crippen LogP contribution is 2.39. The van der Waals surface area contributed by atoms with E-state index in [1.165, 1.54) is 24.8 Å². The first-order chi connectivity index (χ1) is 11.7. The number of ether oxygens (including phenoxy) is 1. The number of nitrogens with one attached hydrogen (secondary N) is 1. The zero-order valence-corrected chi connectivity index (χ0v) is 14.3. The normalized spacial score (nSPS) is 16.4. The lowest BCUT2D eigenvalue weighted by Gasteiger charge is -2.38. The minimum Gasteiger partial charge on any atom is -0.494 e. The predicted molar refractivity (Wildman–Crippen MR) is 97.5 cm³/mol. The lowest BCUT2D eigenvalue weighted by molar-refractivity contribution is 0.299. The van der Waals surface area contributed by atoms with Gasteiger partial charge in [-0.3, -0.25) is 0 Å². The average molecular weight is 323 g/mol. The Morgan fingerprint density at radius 2 is 1.79 bits per heavy atom. The molecule has 1 aliphatic carbocycles. The molecule has 0 atom stereocenters. The highest BCUT2D eigenvalue weighted by Gasteiger charge is 2.34. The van der Waals surface area contributed by atoms with Crippen molar-refractivity contribution in [2.75, 3.05) is 11.9 Å². The van der Waals surface area contributed by atoms with Crippen molar-refractivity contribution < 1.29 is 4.74 Å². The molecule has 3 rings (SSSR count). The van der Waals surface area contributed by atoms with E-state index in [1.807, 2.05) is 6.92 Å². The van der Waals surface area contributed by atoms with Crippen molar-refractivity contribution in [3.8, 4) is 0 Å². The molecule has 1 fully saturated rings. The van der Waals surface area contributed by atoms with Gasteiger partial charge in [0.05, 0.1) is 17.7 Å². The van der Waals surface area contributed by atoms with Gasteiger partial charge in [0.25, 0.3) is 0 Å². The first-order valence-corrected chi connectivity index (χ1v) is 8.71. The van der Waals surface area contributed by atoms with E-state index < -0.39 is 0 Å². The monoisotopic (exact) mass is 323 g/mol. The zero-order valence-electron chi connectivity index (χ0n) is 14.3. The third-order valence-electron chi connectivity index (χ3n) is 4.68. The molecule has 4 heteroatoms. The van der Waals surface area contributed by atoms with Gasteiger partial charge in [0.1, 0.15) is 5.76 Å². The van der Waals surface area contributed by atoms with Crippen molar-refractivity contribution in [2.24, 2.45) is 0 Å². The second-order valence-corrected chi connectivity index (χ2v) is 6.29. The molecule has 0 spiro atoms. The van der Waals surface area contributed by atoms with E-state index in [0.717, 1.165) is 18.4 Å². The van der Waals surface area contributed by atoms with E-state index in [2.05, 4.69) is 52.2 Å². The molecule has 0 aliphatic heterocycles. The topological polar surface area (TPSA) is 47.0 Å². The molecule has 2 aromatic rings. The molecule has 0 amide bonds.